The molecule has 0 amide bonds. The Bertz CT molecular complexity index is 736. The molecule has 0 aliphatic rings. The lowest BCUT2D eigenvalue weighted by Gasteiger charge is -2.20. The van der Waals surface area contributed by atoms with Crippen LogP contribution in [0.25, 0.3) is 0 Å². The molecule has 0 heterocycles. The van der Waals surface area contributed by atoms with Crippen molar-refractivity contribution in [1.82, 2.24) is 0 Å². The van der Waals surface area contributed by atoms with Crippen molar-refractivity contribution in [2.45, 2.75) is 13.0 Å². The van der Waals surface area contributed by atoms with Crippen LogP contribution >= 0.6 is 0 Å². The van der Waals surface area contributed by atoms with E-state index in [1.165, 1.54) is 6.07 Å². The van der Waals surface area contributed by atoms with E-state index in [4.69, 9.17) is 4.74 Å². The van der Waals surface area contributed by atoms with E-state index in [0.717, 1.165) is 5.69 Å². The minimum absolute atomic E-state index is 0.197. The van der Waals surface area contributed by atoms with Crippen LogP contribution in [0.1, 0.15) is 11.1 Å². The van der Waals surface area contributed by atoms with Crippen molar-refractivity contribution in [2.24, 2.45) is 10.2 Å². The van der Waals surface area contributed by atoms with Gasteiger partial charge < -0.3 is 9.64 Å². The zero-order valence-electron chi connectivity index (χ0n) is 13.7. The minimum Gasteiger partial charge on any atom is -0.470 e. The van der Waals surface area contributed by atoms with Crippen molar-refractivity contribution in [2.75, 3.05) is 18.6 Å². The number of ether oxygens (including phenoxy) is 1. The summed E-state index contributed by atoms with van der Waals surface area (Å²) in [5.41, 5.74) is 1.62. The van der Waals surface area contributed by atoms with Gasteiger partial charge in [0.2, 0.25) is 5.90 Å². The predicted molar refractivity (Wildman–Crippen MR) is 93.0 cm³/mol. The van der Waals surface area contributed by atoms with Crippen molar-refractivity contribution in [3.63, 3.8) is 0 Å². The number of halogens is 3. The first kappa shape index (κ1) is 18.5. The van der Waals surface area contributed by atoms with Gasteiger partial charge in [0.05, 0.1) is 0 Å². The number of nitrogens with zero attached hydrogens (tertiary/aromatic N) is 3. The van der Waals surface area contributed by atoms with Gasteiger partial charge in [-0.25, -0.2) is 13.2 Å². The van der Waals surface area contributed by atoms with E-state index < -0.39 is 18.8 Å². The zero-order valence-corrected chi connectivity index (χ0v) is 13.7. The normalized spacial score (nSPS) is 11.5. The molecule has 0 aliphatic heterocycles. The summed E-state index contributed by atoms with van der Waals surface area (Å²) in [7, 11) is 1.85. The molecule has 0 N–H and O–H groups in total. The summed E-state index contributed by atoms with van der Waals surface area (Å²) in [6, 6.07) is 13.8. The lowest BCUT2D eigenvalue weighted by atomic mass is 10.1. The molecular weight excluding hydrogens is 331 g/mol. The number of hydrogen-bond donors (Lipinski definition) is 0. The van der Waals surface area contributed by atoms with Crippen molar-refractivity contribution < 1.29 is 17.9 Å². The van der Waals surface area contributed by atoms with Gasteiger partial charge in [0.15, 0.2) is 6.61 Å². The third-order valence-electron chi connectivity index (χ3n) is 3.41. The third kappa shape index (κ3) is 5.34. The monoisotopic (exact) mass is 349 g/mol. The van der Waals surface area contributed by atoms with Crippen molar-refractivity contribution in [3.8, 4) is 0 Å². The van der Waals surface area contributed by atoms with Gasteiger partial charge in [-0.2, -0.15) is 5.10 Å². The number of para-hydroxylation sites is 1. The van der Waals surface area contributed by atoms with Crippen LogP contribution in [-0.2, 0) is 11.3 Å². The van der Waals surface area contributed by atoms with E-state index in [0.29, 0.717) is 12.1 Å². The minimum atomic E-state index is -2.67. The SMILES string of the molecule is C=N/N=C(\OCC(F)F)c1ccc(CN(C)c2ccccc2)c(F)c1. The Morgan fingerprint density at radius 1 is 1.20 bits per heavy atom. The summed E-state index contributed by atoms with van der Waals surface area (Å²) in [6.45, 7) is 2.66. The van der Waals surface area contributed by atoms with Gasteiger partial charge in [-0.1, -0.05) is 24.3 Å². The van der Waals surface area contributed by atoms with Crippen LogP contribution in [0.2, 0.25) is 0 Å². The van der Waals surface area contributed by atoms with Gasteiger partial charge in [-0.05, 0) is 24.3 Å². The molecule has 0 fully saturated rings. The van der Waals surface area contributed by atoms with E-state index in [9.17, 15) is 13.2 Å². The summed E-state index contributed by atoms with van der Waals surface area (Å²) < 4.78 is 43.8. The fourth-order valence-electron chi connectivity index (χ4n) is 2.21. The molecule has 0 bridgehead atoms. The molecule has 25 heavy (non-hydrogen) atoms. The van der Waals surface area contributed by atoms with Crippen LogP contribution < -0.4 is 4.90 Å². The molecule has 0 saturated heterocycles. The molecule has 0 radical (unpaired) electrons. The molecule has 7 heteroatoms. The van der Waals surface area contributed by atoms with E-state index >= 15 is 0 Å². The molecule has 0 unspecified atom stereocenters. The molecule has 0 saturated carbocycles. The topological polar surface area (TPSA) is 37.2 Å². The molecule has 132 valence electrons. The third-order valence-corrected chi connectivity index (χ3v) is 3.41. The molecule has 2 aromatic rings. The number of hydrogen-bond acceptors (Lipinski definition) is 4. The van der Waals surface area contributed by atoms with Crippen LogP contribution in [0.5, 0.6) is 0 Å². The van der Waals surface area contributed by atoms with Gasteiger partial charge in [0, 0.05) is 37.1 Å². The summed E-state index contributed by atoms with van der Waals surface area (Å²) in [5.74, 6) is -0.685. The number of rotatable bonds is 7. The Kier molecular flexibility index (Phi) is 6.56. The first-order valence-corrected chi connectivity index (χ1v) is 7.51. The van der Waals surface area contributed by atoms with Crippen molar-refractivity contribution >= 4 is 18.3 Å². The van der Waals surface area contributed by atoms with Crippen molar-refractivity contribution in [1.29, 1.82) is 0 Å². The molecule has 0 aliphatic carbocycles. The van der Waals surface area contributed by atoms with Crippen LogP contribution in [0.3, 0.4) is 0 Å². The first-order chi connectivity index (χ1) is 12.0. The van der Waals surface area contributed by atoms with Crippen LogP contribution in [-0.4, -0.2) is 32.7 Å². The Balaban J connectivity index is 2.16. The maximum Gasteiger partial charge on any atom is 0.272 e. The standard InChI is InChI=1S/C18H18F3N3O/c1-22-23-18(25-12-17(20)21)13-8-9-14(16(19)10-13)11-24(2)15-6-4-3-5-7-15/h3-10,17H,1,11-12H2,2H3/b23-18-. The fourth-order valence-corrected chi connectivity index (χ4v) is 2.21. The van der Waals surface area contributed by atoms with Crippen LogP contribution in [0, 0.1) is 5.82 Å². The predicted octanol–water partition coefficient (Wildman–Crippen LogP) is 4.11. The lowest BCUT2D eigenvalue weighted by Crippen LogP contribution is -2.18. The second-order valence-electron chi connectivity index (χ2n) is 5.25. The van der Waals surface area contributed by atoms with Gasteiger partial charge in [0.25, 0.3) is 6.43 Å². The van der Waals surface area contributed by atoms with E-state index in [-0.39, 0.29) is 11.5 Å². The van der Waals surface area contributed by atoms with Crippen LogP contribution in [0.15, 0.2) is 58.7 Å². The second kappa shape index (κ2) is 8.86. The maximum atomic E-state index is 14.4. The van der Waals surface area contributed by atoms with E-state index in [1.807, 2.05) is 42.3 Å². The molecule has 0 aromatic heterocycles. The van der Waals surface area contributed by atoms with Gasteiger partial charge in [0.1, 0.15) is 5.82 Å². The van der Waals surface area contributed by atoms with Crippen LogP contribution in [0.4, 0.5) is 18.9 Å². The average molecular weight is 349 g/mol. The number of anilines is 1. The highest BCUT2D eigenvalue weighted by molar-refractivity contribution is 5.94. The second-order valence-corrected chi connectivity index (χ2v) is 5.25. The first-order valence-electron chi connectivity index (χ1n) is 7.51. The Morgan fingerprint density at radius 2 is 1.92 bits per heavy atom. The van der Waals surface area contributed by atoms with E-state index in [2.05, 4.69) is 16.9 Å². The summed E-state index contributed by atoms with van der Waals surface area (Å²) in [4.78, 5) is 1.89. The average Bonchev–Trinajstić information content (AvgIpc) is 2.61. The quantitative estimate of drug-likeness (QED) is 0.429. The molecular formula is C18H18F3N3O. The summed E-state index contributed by atoms with van der Waals surface area (Å²) in [5, 5.41) is 6.81. The fraction of sp³-hybridized carbons (Fsp3) is 0.222. The molecule has 0 atom stereocenters. The maximum absolute atomic E-state index is 14.4. The number of alkyl halides is 2. The van der Waals surface area contributed by atoms with Gasteiger partial charge in [-0.15, -0.1) is 5.10 Å². The van der Waals surface area contributed by atoms with Gasteiger partial charge >= 0.3 is 0 Å². The van der Waals surface area contributed by atoms with E-state index in [1.54, 1.807) is 12.1 Å². The zero-order chi connectivity index (χ0) is 18.2. The Morgan fingerprint density at radius 3 is 2.52 bits per heavy atom. The summed E-state index contributed by atoms with van der Waals surface area (Å²) >= 11 is 0. The van der Waals surface area contributed by atoms with Gasteiger partial charge in [-0.3, -0.25) is 0 Å². The molecule has 4 nitrogen and oxygen atoms in total. The summed E-state index contributed by atoms with van der Waals surface area (Å²) in [6.07, 6.45) is -2.67. The molecule has 2 rings (SSSR count). The smallest absolute Gasteiger partial charge is 0.272 e. The largest absolute Gasteiger partial charge is 0.470 e. The molecule has 2 aromatic carbocycles. The lowest BCUT2D eigenvalue weighted by molar-refractivity contribution is 0.0765. The Hall–Kier alpha value is -2.83. The number of benzene rings is 2. The highest BCUT2D eigenvalue weighted by atomic mass is 19.3. The van der Waals surface area contributed by atoms with Crippen molar-refractivity contribution in [3.05, 3.63) is 65.5 Å². The highest BCUT2D eigenvalue weighted by Crippen LogP contribution is 2.18. The molecule has 0 spiro atoms. The highest BCUT2D eigenvalue weighted by Gasteiger charge is 2.13. The Labute approximate surface area is 144 Å².